The van der Waals surface area contributed by atoms with Crippen molar-refractivity contribution in [2.24, 2.45) is 5.92 Å². The molecule has 1 spiro atoms. The van der Waals surface area contributed by atoms with Crippen molar-refractivity contribution in [3.8, 4) is 0 Å². The standard InChI is InChI=1S/C33H45N3O3.ClH/c1-2-3-20-36-31(38)29(30(37)28-12-8-5-9-13-28)34-32(39)33(36)18-21-35(22-19-33)24-27-16-14-26(15-17-27)23-25-10-6-4-7-11-25;/h4,6-7,10-11,14-17,28-30,37H,2-3,5,8-9,12-13,18-24H2,1H3,(H,34,39);1H/t29-,30-;/m1./s1. The number of piperazine rings is 1. The minimum Gasteiger partial charge on any atom is -0.390 e. The minimum atomic E-state index is -0.810. The molecule has 1 aliphatic carbocycles. The summed E-state index contributed by atoms with van der Waals surface area (Å²) < 4.78 is 0. The quantitative estimate of drug-likeness (QED) is 0.442. The Morgan fingerprint density at radius 3 is 2.20 bits per heavy atom. The number of hydrogen-bond acceptors (Lipinski definition) is 4. The maximum absolute atomic E-state index is 13.8. The number of carbonyl (C=O) groups excluding carboxylic acids is 2. The van der Waals surface area contributed by atoms with Crippen LogP contribution in [0.25, 0.3) is 0 Å². The van der Waals surface area contributed by atoms with Crippen molar-refractivity contribution in [3.05, 3.63) is 71.3 Å². The fourth-order valence-electron chi connectivity index (χ4n) is 6.89. The molecular weight excluding hydrogens is 522 g/mol. The first kappa shape index (κ1) is 30.5. The molecule has 0 aromatic heterocycles. The van der Waals surface area contributed by atoms with Gasteiger partial charge in [-0.1, -0.05) is 87.2 Å². The maximum atomic E-state index is 13.8. The zero-order valence-corrected chi connectivity index (χ0v) is 24.7. The Kier molecular flexibility index (Phi) is 10.7. The third kappa shape index (κ3) is 6.72. The second-order valence-electron chi connectivity index (χ2n) is 12.0. The summed E-state index contributed by atoms with van der Waals surface area (Å²) in [6.07, 6.45) is 8.46. The molecule has 0 bridgehead atoms. The Morgan fingerprint density at radius 2 is 1.55 bits per heavy atom. The molecule has 218 valence electrons. The summed E-state index contributed by atoms with van der Waals surface area (Å²) in [6.45, 7) is 5.08. The molecule has 5 rings (SSSR count). The van der Waals surface area contributed by atoms with Crippen molar-refractivity contribution < 1.29 is 14.7 Å². The van der Waals surface area contributed by atoms with Gasteiger partial charge in [-0.25, -0.2) is 0 Å². The molecule has 2 aromatic rings. The van der Waals surface area contributed by atoms with Crippen LogP contribution in [0.4, 0.5) is 0 Å². The van der Waals surface area contributed by atoms with Crippen molar-refractivity contribution in [2.45, 2.75) is 95.4 Å². The van der Waals surface area contributed by atoms with E-state index in [0.29, 0.717) is 19.4 Å². The molecule has 3 fully saturated rings. The molecule has 3 aliphatic rings. The molecule has 2 aromatic carbocycles. The van der Waals surface area contributed by atoms with Crippen LogP contribution in [0.1, 0.15) is 81.4 Å². The number of aliphatic hydroxyl groups is 1. The van der Waals surface area contributed by atoms with E-state index in [1.54, 1.807) is 0 Å². The van der Waals surface area contributed by atoms with Crippen LogP contribution in [0.5, 0.6) is 0 Å². The molecule has 2 heterocycles. The number of benzene rings is 2. The molecule has 7 heteroatoms. The smallest absolute Gasteiger partial charge is 0.248 e. The highest BCUT2D eigenvalue weighted by Crippen LogP contribution is 2.36. The Labute approximate surface area is 245 Å². The molecule has 2 amide bonds. The highest BCUT2D eigenvalue weighted by molar-refractivity contribution is 6.00. The van der Waals surface area contributed by atoms with Gasteiger partial charge in [0.2, 0.25) is 11.8 Å². The van der Waals surface area contributed by atoms with Gasteiger partial charge in [-0.3, -0.25) is 14.5 Å². The number of nitrogens with one attached hydrogen (secondary N) is 1. The van der Waals surface area contributed by atoms with Gasteiger partial charge in [0, 0.05) is 26.2 Å². The maximum Gasteiger partial charge on any atom is 0.248 e. The first-order chi connectivity index (χ1) is 19.0. The Hall–Kier alpha value is -2.41. The van der Waals surface area contributed by atoms with E-state index in [2.05, 4.69) is 65.7 Å². The van der Waals surface area contributed by atoms with Crippen LogP contribution >= 0.6 is 12.4 Å². The van der Waals surface area contributed by atoms with E-state index in [4.69, 9.17) is 0 Å². The third-order valence-corrected chi connectivity index (χ3v) is 9.33. The van der Waals surface area contributed by atoms with Crippen LogP contribution in [-0.2, 0) is 22.6 Å². The molecule has 2 saturated heterocycles. The van der Waals surface area contributed by atoms with Gasteiger partial charge in [0.05, 0.1) is 6.10 Å². The number of carbonyl (C=O) groups is 2. The highest BCUT2D eigenvalue weighted by atomic mass is 35.5. The van der Waals surface area contributed by atoms with E-state index in [1.807, 2.05) is 11.0 Å². The Balaban J connectivity index is 0.00000370. The number of hydrogen-bond donors (Lipinski definition) is 2. The Morgan fingerprint density at radius 1 is 0.925 bits per heavy atom. The van der Waals surface area contributed by atoms with Gasteiger partial charge in [-0.05, 0) is 61.1 Å². The van der Waals surface area contributed by atoms with Gasteiger partial charge >= 0.3 is 0 Å². The largest absolute Gasteiger partial charge is 0.390 e. The van der Waals surface area contributed by atoms with Gasteiger partial charge in [-0.15, -0.1) is 12.4 Å². The summed E-state index contributed by atoms with van der Waals surface area (Å²) in [7, 11) is 0. The molecule has 0 radical (unpaired) electrons. The summed E-state index contributed by atoms with van der Waals surface area (Å²) in [5.74, 6) is -0.0532. The molecule has 2 atom stereocenters. The minimum absolute atomic E-state index is 0. The number of aliphatic hydroxyl groups excluding tert-OH is 1. The number of likely N-dealkylation sites (tertiary alicyclic amines) is 1. The zero-order valence-electron chi connectivity index (χ0n) is 23.9. The normalized spacial score (nSPS) is 22.6. The molecule has 40 heavy (non-hydrogen) atoms. The first-order valence-electron chi connectivity index (χ1n) is 15.1. The van der Waals surface area contributed by atoms with Gasteiger partial charge in [0.1, 0.15) is 11.6 Å². The number of nitrogens with zero attached hydrogens (tertiary/aromatic N) is 2. The second kappa shape index (κ2) is 14.0. The fraction of sp³-hybridized carbons (Fsp3) is 0.576. The zero-order chi connectivity index (χ0) is 27.2. The lowest BCUT2D eigenvalue weighted by atomic mass is 9.78. The average Bonchev–Trinajstić information content (AvgIpc) is 2.98. The van der Waals surface area contributed by atoms with Crippen molar-refractivity contribution in [1.29, 1.82) is 0 Å². The van der Waals surface area contributed by atoms with Crippen molar-refractivity contribution >= 4 is 24.2 Å². The van der Waals surface area contributed by atoms with Crippen LogP contribution in [0.15, 0.2) is 54.6 Å². The number of halogens is 1. The number of rotatable bonds is 9. The van der Waals surface area contributed by atoms with Crippen LogP contribution in [-0.4, -0.2) is 64.0 Å². The van der Waals surface area contributed by atoms with Crippen LogP contribution in [0, 0.1) is 5.92 Å². The van der Waals surface area contributed by atoms with Crippen molar-refractivity contribution in [3.63, 3.8) is 0 Å². The molecule has 2 aliphatic heterocycles. The molecule has 1 saturated carbocycles. The lowest BCUT2D eigenvalue weighted by Gasteiger charge is -2.52. The number of amides is 2. The molecule has 2 N–H and O–H groups in total. The topological polar surface area (TPSA) is 72.9 Å². The highest BCUT2D eigenvalue weighted by Gasteiger charge is 2.55. The Bertz CT molecular complexity index is 1100. The summed E-state index contributed by atoms with van der Waals surface area (Å²) in [6, 6.07) is 18.6. The van der Waals surface area contributed by atoms with E-state index in [0.717, 1.165) is 64.6 Å². The third-order valence-electron chi connectivity index (χ3n) is 9.33. The van der Waals surface area contributed by atoms with E-state index in [-0.39, 0.29) is 30.1 Å². The predicted octanol–water partition coefficient (Wildman–Crippen LogP) is 5.10. The summed E-state index contributed by atoms with van der Waals surface area (Å²) in [5.41, 5.74) is 3.08. The molecule has 6 nitrogen and oxygen atoms in total. The van der Waals surface area contributed by atoms with Crippen LogP contribution < -0.4 is 5.32 Å². The van der Waals surface area contributed by atoms with Gasteiger partial charge in [-0.2, -0.15) is 0 Å². The lowest BCUT2D eigenvalue weighted by molar-refractivity contribution is -0.166. The van der Waals surface area contributed by atoms with Gasteiger partial charge in [0.15, 0.2) is 0 Å². The second-order valence-corrected chi connectivity index (χ2v) is 12.0. The fourth-order valence-corrected chi connectivity index (χ4v) is 6.89. The van der Waals surface area contributed by atoms with Crippen molar-refractivity contribution in [1.82, 2.24) is 15.1 Å². The van der Waals surface area contributed by atoms with Crippen LogP contribution in [0.3, 0.4) is 0 Å². The molecule has 0 unspecified atom stereocenters. The summed E-state index contributed by atoms with van der Waals surface area (Å²) in [4.78, 5) is 31.8. The average molecular weight is 568 g/mol. The van der Waals surface area contributed by atoms with E-state index < -0.39 is 17.7 Å². The SMILES string of the molecule is CCCCN1C(=O)[C@@H]([C@H](O)C2CCCCC2)NC(=O)C12CCN(Cc1ccc(Cc3ccccc3)cc1)CC2.Cl. The van der Waals surface area contributed by atoms with E-state index in [9.17, 15) is 14.7 Å². The van der Waals surface area contributed by atoms with Gasteiger partial charge in [0.25, 0.3) is 0 Å². The first-order valence-corrected chi connectivity index (χ1v) is 15.1. The van der Waals surface area contributed by atoms with Gasteiger partial charge < -0.3 is 15.3 Å². The van der Waals surface area contributed by atoms with Crippen LogP contribution in [0.2, 0.25) is 0 Å². The number of piperidine rings is 1. The predicted molar refractivity (Wildman–Crippen MR) is 161 cm³/mol. The monoisotopic (exact) mass is 567 g/mol. The summed E-state index contributed by atoms with van der Waals surface area (Å²) >= 11 is 0. The van der Waals surface area contributed by atoms with E-state index in [1.165, 1.54) is 23.1 Å². The summed E-state index contributed by atoms with van der Waals surface area (Å²) in [5, 5.41) is 14.2. The lowest BCUT2D eigenvalue weighted by Crippen LogP contribution is -2.75. The van der Waals surface area contributed by atoms with E-state index >= 15 is 0 Å². The number of unbranched alkanes of at least 4 members (excludes halogenated alkanes) is 1. The molecular formula is C33H46ClN3O3. The van der Waals surface area contributed by atoms with Crippen molar-refractivity contribution in [2.75, 3.05) is 19.6 Å².